The zero-order chi connectivity index (χ0) is 22.7. The number of phosphoric acid groups is 1. The van der Waals surface area contributed by atoms with Crippen molar-refractivity contribution in [3.63, 3.8) is 0 Å². The van der Waals surface area contributed by atoms with Crippen LogP contribution in [0.25, 0.3) is 0 Å². The van der Waals surface area contributed by atoms with Crippen LogP contribution >= 0.6 is 7.82 Å². The molecule has 0 saturated carbocycles. The summed E-state index contributed by atoms with van der Waals surface area (Å²) in [5, 5.41) is 0. The maximum absolute atomic E-state index is 11.9. The van der Waals surface area contributed by atoms with Crippen molar-refractivity contribution in [2.45, 2.75) is 58.5 Å². The minimum absolute atomic E-state index is 0. The van der Waals surface area contributed by atoms with Crippen molar-refractivity contribution < 1.29 is 107 Å². The average Bonchev–Trinajstić information content (AvgIpc) is 2.68. The molecule has 12 heteroatoms. The fraction of sp³-hybridized carbons (Fsp3) is 0.524. The van der Waals surface area contributed by atoms with Crippen LogP contribution in [0.4, 0.5) is 0 Å². The van der Waals surface area contributed by atoms with E-state index in [0.717, 1.165) is 25.7 Å². The van der Waals surface area contributed by atoms with Gasteiger partial charge < -0.3 is 34.5 Å². The number of ether oxygens (including phenoxy) is 2. The van der Waals surface area contributed by atoms with Crippen LogP contribution in [-0.2, 0) is 28.2 Å². The van der Waals surface area contributed by atoms with E-state index in [2.05, 4.69) is 58.8 Å². The number of rotatable bonds is 12. The average molecular weight is 512 g/mol. The third-order valence-electron chi connectivity index (χ3n) is 3.20. The van der Waals surface area contributed by atoms with Crippen molar-refractivity contribution >= 4 is 19.8 Å². The van der Waals surface area contributed by atoms with Gasteiger partial charge in [-0.15, -0.1) is 0 Å². The molecule has 0 fully saturated rings. The molecule has 0 unspecified atom stereocenters. The Bertz CT molecular complexity index is 886. The third kappa shape index (κ3) is 29.2. The SMILES string of the molecule is CC#CC#CC#CC#CC(=O)OC[C@H](COP(=O)([O-])[O-])OC(=O)CCCCCCC.N.[HH].[HH].[HH].[HH].[HH].[HH].[HH].[Na+].[Na+]. The summed E-state index contributed by atoms with van der Waals surface area (Å²) < 4.78 is 24.6. The molecule has 0 spiro atoms. The monoisotopic (exact) mass is 511 g/mol. The molecule has 3 N–H and O–H groups in total. The van der Waals surface area contributed by atoms with Crippen LogP contribution in [0.3, 0.4) is 0 Å². The Labute approximate surface area is 250 Å². The minimum atomic E-state index is -5.28. The molecule has 0 bridgehead atoms. The molecule has 0 heterocycles. The van der Waals surface area contributed by atoms with Gasteiger partial charge in [0.05, 0.1) is 14.4 Å². The predicted molar refractivity (Wildman–Crippen MR) is 124 cm³/mol. The van der Waals surface area contributed by atoms with Gasteiger partial charge in [0.1, 0.15) is 6.61 Å². The second-order valence-electron chi connectivity index (χ2n) is 5.74. The summed E-state index contributed by atoms with van der Waals surface area (Å²) in [5.74, 6) is 17.1. The first-order chi connectivity index (χ1) is 14.3. The molecule has 0 aliphatic carbocycles. The van der Waals surface area contributed by atoms with Crippen molar-refractivity contribution in [2.75, 3.05) is 13.2 Å². The molecular weight excluding hydrogens is 471 g/mol. The molecular formula is C21H40NNa2O8P. The van der Waals surface area contributed by atoms with Crippen LogP contribution in [0, 0.1) is 47.4 Å². The standard InChI is InChI=1S/C21H25O8P.H3N.2Na.7H2/c1-3-5-7-9-10-12-13-15-20(22)27-17-19(18-28-30(24,25)26)29-21(23)16-14-11-8-6-4-2;;;;;;;;;;/h19H,4,6,8,11,14,16-18H2,1-2H3,(H2,24,25,26);1H3;;;7*1H/q;;2*+1;;;;;;;/p-2/t19-;;;;;;;;;;/m1........../s1. The van der Waals surface area contributed by atoms with Crippen LogP contribution in [0.5, 0.6) is 0 Å². The molecule has 0 saturated heterocycles. The topological polar surface area (TPSA) is 160 Å². The molecule has 0 aliphatic rings. The van der Waals surface area contributed by atoms with E-state index in [4.69, 9.17) is 9.47 Å². The molecule has 0 amide bonds. The van der Waals surface area contributed by atoms with Gasteiger partial charge in [-0.1, -0.05) is 38.5 Å². The predicted octanol–water partition coefficient (Wildman–Crippen LogP) is -3.43. The number of carbonyl (C=O) groups excluding carboxylic acids is 2. The summed E-state index contributed by atoms with van der Waals surface area (Å²) >= 11 is 0. The van der Waals surface area contributed by atoms with Gasteiger partial charge in [0.15, 0.2) is 6.10 Å². The number of carbonyl (C=O) groups is 2. The van der Waals surface area contributed by atoms with Crippen LogP contribution < -0.4 is 75.1 Å². The van der Waals surface area contributed by atoms with Crippen molar-refractivity contribution in [1.29, 1.82) is 0 Å². The Balaban J connectivity index is -0.0000000934. The second kappa shape index (κ2) is 25.9. The summed E-state index contributed by atoms with van der Waals surface area (Å²) in [6.07, 6.45) is 3.41. The summed E-state index contributed by atoms with van der Waals surface area (Å²) in [6.45, 7) is 2.39. The van der Waals surface area contributed by atoms with Gasteiger partial charge in [0, 0.05) is 22.3 Å². The maximum Gasteiger partial charge on any atom is 1.00 e. The smallest absolute Gasteiger partial charge is 0.790 e. The van der Waals surface area contributed by atoms with Crippen molar-refractivity contribution in [3.05, 3.63) is 0 Å². The summed E-state index contributed by atoms with van der Waals surface area (Å²) in [4.78, 5) is 44.7. The second-order valence-corrected chi connectivity index (χ2v) is 6.90. The molecule has 0 aromatic carbocycles. The minimum Gasteiger partial charge on any atom is -0.790 e. The Morgan fingerprint density at radius 2 is 1.52 bits per heavy atom. The normalized spacial score (nSPS) is 9.45. The number of esters is 2. The van der Waals surface area contributed by atoms with E-state index in [9.17, 15) is 23.9 Å². The fourth-order valence-electron chi connectivity index (χ4n) is 1.88. The fourth-order valence-corrected chi connectivity index (χ4v) is 2.23. The van der Waals surface area contributed by atoms with Gasteiger partial charge >= 0.3 is 71.1 Å². The Morgan fingerprint density at radius 1 is 0.939 bits per heavy atom. The first kappa shape index (κ1) is 39.5. The van der Waals surface area contributed by atoms with Crippen LogP contribution in [0.2, 0.25) is 0 Å². The van der Waals surface area contributed by atoms with Crippen LogP contribution in [-0.4, -0.2) is 31.3 Å². The summed E-state index contributed by atoms with van der Waals surface area (Å²) in [7, 11) is -5.28. The van der Waals surface area contributed by atoms with Gasteiger partial charge in [-0.05, 0) is 48.9 Å². The Kier molecular flexibility index (Phi) is 30.9. The quantitative estimate of drug-likeness (QED) is 0.0703. The zero-order valence-corrected chi connectivity index (χ0v) is 24.5. The summed E-state index contributed by atoms with van der Waals surface area (Å²) in [6, 6.07) is 0. The van der Waals surface area contributed by atoms with E-state index >= 15 is 0 Å². The molecule has 0 aromatic rings. The van der Waals surface area contributed by atoms with E-state index in [1.54, 1.807) is 6.92 Å². The van der Waals surface area contributed by atoms with E-state index in [1.807, 2.05) is 0 Å². The van der Waals surface area contributed by atoms with Crippen LogP contribution in [0.15, 0.2) is 0 Å². The number of phosphoric ester groups is 1. The Hall–Kier alpha value is -0.750. The van der Waals surface area contributed by atoms with Crippen molar-refractivity contribution in [1.82, 2.24) is 6.15 Å². The van der Waals surface area contributed by atoms with E-state index < -0.39 is 39.1 Å². The van der Waals surface area contributed by atoms with E-state index in [1.165, 1.54) is 0 Å². The number of unbranched alkanes of at least 4 members (excludes halogenated alkanes) is 4. The zero-order valence-electron chi connectivity index (χ0n) is 19.7. The third-order valence-corrected chi connectivity index (χ3v) is 3.67. The van der Waals surface area contributed by atoms with Crippen LogP contribution in [0.1, 0.15) is 62.4 Å². The molecule has 0 aromatic heterocycles. The molecule has 9 nitrogen and oxygen atoms in total. The van der Waals surface area contributed by atoms with Gasteiger partial charge in [0.2, 0.25) is 0 Å². The number of hydrogen-bond donors (Lipinski definition) is 1. The van der Waals surface area contributed by atoms with Crippen molar-refractivity contribution in [3.8, 4) is 47.4 Å². The summed E-state index contributed by atoms with van der Waals surface area (Å²) in [5.41, 5.74) is 0. The molecule has 0 aliphatic heterocycles. The molecule has 33 heavy (non-hydrogen) atoms. The molecule has 184 valence electrons. The van der Waals surface area contributed by atoms with E-state index in [0.29, 0.717) is 6.42 Å². The van der Waals surface area contributed by atoms with Crippen molar-refractivity contribution in [2.24, 2.45) is 0 Å². The molecule has 1 atom stereocenters. The van der Waals surface area contributed by atoms with Gasteiger partial charge in [-0.2, -0.15) is 0 Å². The van der Waals surface area contributed by atoms with Gasteiger partial charge in [-0.25, -0.2) is 4.79 Å². The maximum atomic E-state index is 11.9. The first-order valence-electron chi connectivity index (χ1n) is 9.24. The number of hydrogen-bond acceptors (Lipinski definition) is 9. The Morgan fingerprint density at radius 3 is 2.09 bits per heavy atom. The van der Waals surface area contributed by atoms with E-state index in [-0.39, 0.29) is 81.7 Å². The molecule has 0 rings (SSSR count). The van der Waals surface area contributed by atoms with Gasteiger partial charge in [-0.3, -0.25) is 4.79 Å². The first-order valence-corrected chi connectivity index (χ1v) is 10.7. The molecule has 0 radical (unpaired) electrons. The largest absolute Gasteiger partial charge is 1.00 e. The van der Waals surface area contributed by atoms with Gasteiger partial charge in [0.25, 0.3) is 0 Å².